The molecule has 0 heterocycles. The van der Waals surface area contributed by atoms with E-state index in [1.54, 1.807) is 0 Å². The van der Waals surface area contributed by atoms with E-state index in [-0.39, 0.29) is 0 Å². The monoisotopic (exact) mass is 218 g/mol. The topological polar surface area (TPSA) is 77.8 Å². The van der Waals surface area contributed by atoms with Gasteiger partial charge >= 0.3 is 7.60 Å². The third-order valence-corrected chi connectivity index (χ3v) is 2.19. The molecule has 0 fully saturated rings. The van der Waals surface area contributed by atoms with Crippen molar-refractivity contribution in [2.45, 2.75) is 0 Å². The maximum atomic E-state index is 12.4. The van der Waals surface area contributed by atoms with Gasteiger partial charge in [-0.1, -0.05) is 12.1 Å². The van der Waals surface area contributed by atoms with E-state index < -0.39 is 18.9 Å². The normalized spacial score (nSPS) is 12.9. The summed E-state index contributed by atoms with van der Waals surface area (Å²) < 4.78 is 22.9. The molecule has 76 valence electrons. The highest BCUT2D eigenvalue weighted by Gasteiger charge is 2.19. The summed E-state index contributed by atoms with van der Waals surface area (Å²) in [5.74, 6) is -0.460. The van der Waals surface area contributed by atoms with Crippen molar-refractivity contribution in [3.8, 4) is 0 Å². The Morgan fingerprint density at radius 2 is 1.79 bits per heavy atom. The Kier molecular flexibility index (Phi) is 3.06. The molecule has 0 amide bonds. The van der Waals surface area contributed by atoms with Crippen LogP contribution in [0.1, 0.15) is 5.56 Å². The van der Waals surface area contributed by atoms with Crippen molar-refractivity contribution in [3.63, 3.8) is 0 Å². The highest BCUT2D eigenvalue weighted by molar-refractivity contribution is 7.56. The van der Waals surface area contributed by atoms with Crippen molar-refractivity contribution in [2.75, 3.05) is 0 Å². The zero-order valence-electron chi connectivity index (χ0n) is 6.96. The quantitative estimate of drug-likeness (QED) is 0.523. The molecule has 0 saturated heterocycles. The third kappa shape index (κ3) is 2.96. The lowest BCUT2D eigenvalue weighted by Gasteiger charge is -2.01. The summed E-state index contributed by atoms with van der Waals surface area (Å²) in [5.41, 5.74) is -0.726. The molecule has 0 unspecified atom stereocenters. The maximum Gasteiger partial charge on any atom is 0.390 e. The van der Waals surface area contributed by atoms with Gasteiger partial charge in [0.15, 0.2) is 0 Å². The number of halogens is 1. The summed E-state index contributed by atoms with van der Waals surface area (Å²) in [6.45, 7) is 0. The van der Waals surface area contributed by atoms with Gasteiger partial charge < -0.3 is 14.9 Å². The largest absolute Gasteiger partial charge is 0.501 e. The number of aliphatic hydroxyl groups excluding tert-OH is 1. The molecule has 0 aromatic heterocycles. The predicted octanol–water partition coefficient (Wildman–Crippen LogP) is 1.86. The Morgan fingerprint density at radius 1 is 1.29 bits per heavy atom. The third-order valence-electron chi connectivity index (χ3n) is 1.46. The molecule has 0 bridgehead atoms. The summed E-state index contributed by atoms with van der Waals surface area (Å²) in [5, 5.41) is 8.91. The lowest BCUT2D eigenvalue weighted by Crippen LogP contribution is -1.84. The predicted molar refractivity (Wildman–Crippen MR) is 49.0 cm³/mol. The molecule has 0 radical (unpaired) electrons. The van der Waals surface area contributed by atoms with Gasteiger partial charge in [-0.2, -0.15) is 0 Å². The van der Waals surface area contributed by atoms with E-state index in [4.69, 9.17) is 14.9 Å². The lowest BCUT2D eigenvalue weighted by atomic mass is 10.2. The zero-order chi connectivity index (χ0) is 10.8. The van der Waals surface area contributed by atoms with E-state index in [1.807, 2.05) is 0 Å². The van der Waals surface area contributed by atoms with E-state index in [0.29, 0.717) is 5.56 Å². The van der Waals surface area contributed by atoms with Crippen molar-refractivity contribution in [1.29, 1.82) is 0 Å². The first kappa shape index (κ1) is 10.9. The molecule has 0 aliphatic rings. The highest BCUT2D eigenvalue weighted by Crippen LogP contribution is 2.43. The van der Waals surface area contributed by atoms with Crippen molar-refractivity contribution in [2.24, 2.45) is 0 Å². The first-order chi connectivity index (χ1) is 6.39. The molecule has 0 aliphatic heterocycles. The van der Waals surface area contributed by atoms with Crippen LogP contribution in [-0.4, -0.2) is 14.9 Å². The van der Waals surface area contributed by atoms with Crippen LogP contribution >= 0.6 is 7.60 Å². The Labute approximate surface area is 79.5 Å². The van der Waals surface area contributed by atoms with Gasteiger partial charge in [0, 0.05) is 0 Å². The van der Waals surface area contributed by atoms with Crippen LogP contribution in [0.5, 0.6) is 0 Å². The molecule has 1 rings (SSSR count). The molecule has 0 aliphatic carbocycles. The van der Waals surface area contributed by atoms with E-state index >= 15 is 0 Å². The molecule has 6 heteroatoms. The smallest absolute Gasteiger partial charge is 0.390 e. The minimum Gasteiger partial charge on any atom is -0.501 e. The van der Waals surface area contributed by atoms with Gasteiger partial charge in [0.1, 0.15) is 5.82 Å². The van der Waals surface area contributed by atoms with Crippen LogP contribution < -0.4 is 0 Å². The van der Waals surface area contributed by atoms with Crippen LogP contribution in [0.15, 0.2) is 29.8 Å². The molecule has 14 heavy (non-hydrogen) atoms. The number of aliphatic hydroxyl groups is 1. The van der Waals surface area contributed by atoms with Gasteiger partial charge in [-0.25, -0.2) is 4.39 Å². The van der Waals surface area contributed by atoms with Gasteiger partial charge in [-0.05, 0) is 23.8 Å². The van der Waals surface area contributed by atoms with Gasteiger partial charge in [0.2, 0.25) is 5.50 Å². The van der Waals surface area contributed by atoms with Crippen LogP contribution in [0.3, 0.4) is 0 Å². The number of hydrogen-bond donors (Lipinski definition) is 3. The average Bonchev–Trinajstić information content (AvgIpc) is 2.07. The fourth-order valence-corrected chi connectivity index (χ4v) is 1.11. The van der Waals surface area contributed by atoms with Gasteiger partial charge in [0.05, 0.1) is 0 Å². The van der Waals surface area contributed by atoms with Crippen molar-refractivity contribution in [1.82, 2.24) is 0 Å². The SMILES string of the molecule is O=P(O)(O)/C(O)=C/c1ccc(F)cc1. The fraction of sp³-hybridized carbons (Fsp3) is 0. The minimum absolute atomic E-state index is 0.312. The summed E-state index contributed by atoms with van der Waals surface area (Å²) in [6, 6.07) is 4.83. The molecule has 0 spiro atoms. The second kappa shape index (κ2) is 3.92. The van der Waals surface area contributed by atoms with Gasteiger partial charge in [0.25, 0.3) is 0 Å². The molecule has 1 aromatic rings. The Bertz CT molecular complexity index is 392. The highest BCUT2D eigenvalue weighted by atomic mass is 31.2. The lowest BCUT2D eigenvalue weighted by molar-refractivity contribution is 0.339. The first-order valence-electron chi connectivity index (χ1n) is 3.62. The van der Waals surface area contributed by atoms with Crippen LogP contribution in [0.4, 0.5) is 4.39 Å². The van der Waals surface area contributed by atoms with Crippen LogP contribution in [0.25, 0.3) is 6.08 Å². The summed E-state index contributed by atoms with van der Waals surface area (Å²) in [6.07, 6.45) is 0.889. The molecule has 0 saturated carbocycles. The van der Waals surface area contributed by atoms with Crippen LogP contribution in [0, 0.1) is 5.82 Å². The number of hydrogen-bond acceptors (Lipinski definition) is 2. The molecule has 3 N–H and O–H groups in total. The second-order valence-electron chi connectivity index (χ2n) is 2.60. The van der Waals surface area contributed by atoms with Crippen molar-refractivity contribution >= 4 is 13.7 Å². The van der Waals surface area contributed by atoms with Crippen LogP contribution in [0.2, 0.25) is 0 Å². The molecule has 1 aromatic carbocycles. The van der Waals surface area contributed by atoms with Gasteiger partial charge in [-0.3, -0.25) is 4.57 Å². The molecular weight excluding hydrogens is 210 g/mol. The average molecular weight is 218 g/mol. The Balaban J connectivity index is 2.98. The van der Waals surface area contributed by atoms with Gasteiger partial charge in [-0.15, -0.1) is 0 Å². The minimum atomic E-state index is -4.61. The second-order valence-corrected chi connectivity index (χ2v) is 4.14. The van der Waals surface area contributed by atoms with Crippen molar-refractivity contribution < 1.29 is 23.8 Å². The standard InChI is InChI=1S/C8H8FO4P/c9-7-3-1-6(2-4-7)5-8(10)14(11,12)13/h1-5,10H,(H2,11,12,13)/b8-5+. The summed E-state index contributed by atoms with van der Waals surface area (Å²) in [7, 11) is -4.61. The van der Waals surface area contributed by atoms with E-state index in [9.17, 15) is 8.96 Å². The molecule has 4 nitrogen and oxygen atoms in total. The summed E-state index contributed by atoms with van der Waals surface area (Å²) in [4.78, 5) is 17.0. The van der Waals surface area contributed by atoms with Crippen molar-refractivity contribution in [3.05, 3.63) is 41.1 Å². The van der Waals surface area contributed by atoms with Crippen LogP contribution in [-0.2, 0) is 4.57 Å². The Morgan fingerprint density at radius 3 is 2.21 bits per heavy atom. The number of rotatable bonds is 2. The maximum absolute atomic E-state index is 12.4. The number of benzene rings is 1. The van der Waals surface area contributed by atoms with E-state index in [1.165, 1.54) is 12.1 Å². The molecule has 0 atom stereocenters. The first-order valence-corrected chi connectivity index (χ1v) is 5.23. The fourth-order valence-electron chi connectivity index (χ4n) is 0.792. The van der Waals surface area contributed by atoms with E-state index in [2.05, 4.69) is 0 Å². The Hall–Kier alpha value is -1.16. The zero-order valence-corrected chi connectivity index (χ0v) is 7.86. The van der Waals surface area contributed by atoms with E-state index in [0.717, 1.165) is 18.2 Å². The molecular formula is C8H8FO4P. The summed E-state index contributed by atoms with van der Waals surface area (Å²) >= 11 is 0.